The van der Waals surface area contributed by atoms with Crippen LogP contribution in [0.2, 0.25) is 0 Å². The highest BCUT2D eigenvalue weighted by Crippen LogP contribution is 2.35. The molecule has 208 valence electrons. The van der Waals surface area contributed by atoms with Gasteiger partial charge in [0, 0.05) is 26.7 Å². The molecule has 1 N–H and O–H groups in total. The van der Waals surface area contributed by atoms with E-state index in [0.29, 0.717) is 41.0 Å². The van der Waals surface area contributed by atoms with Gasteiger partial charge in [0.25, 0.3) is 5.56 Å². The van der Waals surface area contributed by atoms with Crippen LogP contribution < -0.4 is 10.5 Å². The Morgan fingerprint density at radius 2 is 1.65 bits per heavy atom. The van der Waals surface area contributed by atoms with E-state index >= 15 is 0 Å². The average Bonchev–Trinajstić information content (AvgIpc) is 2.96. The third-order valence-electron chi connectivity index (χ3n) is 7.32. The minimum atomic E-state index is -0.797. The monoisotopic (exact) mass is 612 g/mol. The summed E-state index contributed by atoms with van der Waals surface area (Å²) in [6.45, 7) is 0.800. The van der Waals surface area contributed by atoms with Gasteiger partial charge in [-0.2, -0.15) is 0 Å². The summed E-state index contributed by atoms with van der Waals surface area (Å²) in [6.07, 6.45) is 0. The number of ether oxygens (including phenoxy) is 1. The first-order valence-electron chi connectivity index (χ1n) is 12.6. The molecule has 40 heavy (non-hydrogen) atoms. The minimum Gasteiger partial charge on any atom is -0.465 e. The van der Waals surface area contributed by atoms with Crippen molar-refractivity contribution in [3.8, 4) is 0 Å². The van der Waals surface area contributed by atoms with Crippen molar-refractivity contribution in [1.82, 2.24) is 14.5 Å². The van der Waals surface area contributed by atoms with Crippen LogP contribution in [0.4, 0.5) is 14.5 Å². The Hall–Kier alpha value is -3.67. The molecule has 0 radical (unpaired) electrons. The van der Waals surface area contributed by atoms with Crippen LogP contribution in [0.15, 0.2) is 70.1 Å². The minimum absolute atomic E-state index is 0.163. The van der Waals surface area contributed by atoms with Gasteiger partial charge in [-0.3, -0.25) is 9.69 Å². The standard InChI is InChI=1S/C29H27BrF2N4O4/c1-34-22-11-12-23(30)33-25(22)27(24(28(34)38)29(39)40-2)36-14-13-35(15-21(36)16-37)26(17-3-7-19(31)8-4-17)18-5-9-20(32)10-6-18/h3-12,21,26,37H,13-16H2,1-2H3/t21-/m1/s1. The molecule has 2 aromatic carbocycles. The van der Waals surface area contributed by atoms with Crippen molar-refractivity contribution < 1.29 is 23.4 Å². The molecule has 0 spiro atoms. The van der Waals surface area contributed by atoms with Gasteiger partial charge < -0.3 is 19.3 Å². The van der Waals surface area contributed by atoms with Gasteiger partial charge >= 0.3 is 5.97 Å². The number of benzene rings is 2. The van der Waals surface area contributed by atoms with Gasteiger partial charge in [-0.15, -0.1) is 0 Å². The Kier molecular flexibility index (Phi) is 7.97. The smallest absolute Gasteiger partial charge is 0.345 e. The number of halogens is 3. The number of aliphatic hydroxyl groups excluding tert-OH is 1. The summed E-state index contributed by atoms with van der Waals surface area (Å²) in [5.41, 5.74) is 2.14. The Balaban J connectivity index is 1.61. The topological polar surface area (TPSA) is 87.9 Å². The van der Waals surface area contributed by atoms with Crippen LogP contribution in [0.1, 0.15) is 27.5 Å². The fraction of sp³-hybridized carbons (Fsp3) is 0.276. The van der Waals surface area contributed by atoms with Crippen LogP contribution in [0.5, 0.6) is 0 Å². The Morgan fingerprint density at radius 1 is 1.05 bits per heavy atom. The van der Waals surface area contributed by atoms with E-state index in [1.54, 1.807) is 43.4 Å². The lowest BCUT2D eigenvalue weighted by Gasteiger charge is -2.45. The molecule has 1 fully saturated rings. The average molecular weight is 613 g/mol. The highest BCUT2D eigenvalue weighted by atomic mass is 79.9. The molecule has 11 heteroatoms. The molecule has 4 aromatic rings. The third kappa shape index (κ3) is 5.12. The molecule has 5 rings (SSSR count). The second-order valence-corrected chi connectivity index (χ2v) is 10.4. The van der Waals surface area contributed by atoms with Gasteiger partial charge in [0.05, 0.1) is 37.0 Å². The van der Waals surface area contributed by atoms with E-state index in [1.165, 1.54) is 35.9 Å². The van der Waals surface area contributed by atoms with Crippen LogP contribution in [0.25, 0.3) is 11.0 Å². The van der Waals surface area contributed by atoms with E-state index in [-0.39, 0.29) is 29.8 Å². The first-order chi connectivity index (χ1) is 19.2. The lowest BCUT2D eigenvalue weighted by Crippen LogP contribution is -2.56. The number of esters is 1. The molecule has 0 bridgehead atoms. The summed E-state index contributed by atoms with van der Waals surface area (Å²) in [4.78, 5) is 34.9. The number of methoxy groups -OCH3 is 1. The van der Waals surface area contributed by atoms with Crippen molar-refractivity contribution in [2.24, 2.45) is 7.05 Å². The molecule has 0 amide bonds. The molecule has 1 aliphatic rings. The van der Waals surface area contributed by atoms with Crippen molar-refractivity contribution in [2.45, 2.75) is 12.1 Å². The van der Waals surface area contributed by atoms with Crippen LogP contribution in [-0.4, -0.2) is 64.9 Å². The number of anilines is 1. The van der Waals surface area contributed by atoms with E-state index in [9.17, 15) is 23.5 Å². The molecular formula is C29H27BrF2N4O4. The molecule has 8 nitrogen and oxygen atoms in total. The van der Waals surface area contributed by atoms with Crippen LogP contribution in [0, 0.1) is 11.6 Å². The number of carbonyl (C=O) groups excluding carboxylic acids is 1. The maximum atomic E-state index is 13.8. The van der Waals surface area contributed by atoms with E-state index in [1.807, 2.05) is 4.90 Å². The molecule has 1 aliphatic heterocycles. The lowest BCUT2D eigenvalue weighted by molar-refractivity contribution is 0.0598. The summed E-state index contributed by atoms with van der Waals surface area (Å²) in [6, 6.07) is 14.8. The largest absolute Gasteiger partial charge is 0.465 e. The molecule has 0 saturated carbocycles. The zero-order valence-corrected chi connectivity index (χ0v) is 23.4. The molecular weight excluding hydrogens is 586 g/mol. The van der Waals surface area contributed by atoms with Crippen molar-refractivity contribution in [3.05, 3.63) is 104 Å². The first-order valence-corrected chi connectivity index (χ1v) is 13.4. The van der Waals surface area contributed by atoms with Gasteiger partial charge in [0.1, 0.15) is 21.8 Å². The van der Waals surface area contributed by atoms with Crippen LogP contribution in [-0.2, 0) is 11.8 Å². The van der Waals surface area contributed by atoms with Crippen molar-refractivity contribution in [2.75, 3.05) is 38.3 Å². The van der Waals surface area contributed by atoms with E-state index in [2.05, 4.69) is 25.8 Å². The zero-order chi connectivity index (χ0) is 28.6. The summed E-state index contributed by atoms with van der Waals surface area (Å²) < 4.78 is 34.4. The predicted molar refractivity (Wildman–Crippen MR) is 150 cm³/mol. The Morgan fingerprint density at radius 3 is 2.20 bits per heavy atom. The van der Waals surface area contributed by atoms with Crippen LogP contribution in [0.3, 0.4) is 0 Å². The number of hydrogen-bond donors (Lipinski definition) is 1. The number of aryl methyl sites for hydroxylation is 1. The van der Waals surface area contributed by atoms with Gasteiger partial charge in [-0.1, -0.05) is 24.3 Å². The summed E-state index contributed by atoms with van der Waals surface area (Å²) in [5, 5.41) is 10.6. The zero-order valence-electron chi connectivity index (χ0n) is 21.9. The number of rotatable bonds is 6. The van der Waals surface area contributed by atoms with Crippen molar-refractivity contribution in [3.63, 3.8) is 0 Å². The van der Waals surface area contributed by atoms with Gasteiger partial charge in [0.15, 0.2) is 5.56 Å². The number of nitrogens with zero attached hydrogens (tertiary/aromatic N) is 4. The summed E-state index contributed by atoms with van der Waals surface area (Å²) in [5.74, 6) is -1.54. The molecule has 3 heterocycles. The quantitative estimate of drug-likeness (QED) is 0.260. The number of fused-ring (bicyclic) bond motifs is 1. The number of pyridine rings is 2. The SMILES string of the molecule is COC(=O)c1c(N2CCN(C(c3ccc(F)cc3)c3ccc(F)cc3)C[C@@H]2CO)c2nc(Br)ccc2n(C)c1=O. The fourth-order valence-electron chi connectivity index (χ4n) is 5.40. The van der Waals surface area contributed by atoms with Gasteiger partial charge in [0.2, 0.25) is 0 Å². The van der Waals surface area contributed by atoms with Crippen molar-refractivity contribution in [1.29, 1.82) is 0 Å². The maximum absolute atomic E-state index is 13.8. The molecule has 0 unspecified atom stereocenters. The number of piperazine rings is 1. The van der Waals surface area contributed by atoms with Crippen LogP contribution >= 0.6 is 15.9 Å². The maximum Gasteiger partial charge on any atom is 0.345 e. The fourth-order valence-corrected chi connectivity index (χ4v) is 5.71. The molecule has 1 saturated heterocycles. The predicted octanol–water partition coefficient (Wildman–Crippen LogP) is 4.03. The van der Waals surface area contributed by atoms with E-state index < -0.39 is 17.6 Å². The number of aromatic nitrogens is 2. The molecule has 2 aromatic heterocycles. The molecule has 1 atom stereocenters. The second-order valence-electron chi connectivity index (χ2n) is 9.61. The Labute approximate surface area is 237 Å². The first kappa shape index (κ1) is 27.9. The van der Waals surface area contributed by atoms with Gasteiger partial charge in [-0.05, 0) is 63.5 Å². The number of carbonyl (C=O) groups is 1. The highest BCUT2D eigenvalue weighted by molar-refractivity contribution is 9.10. The van der Waals surface area contributed by atoms with E-state index in [0.717, 1.165) is 11.1 Å². The van der Waals surface area contributed by atoms with E-state index in [4.69, 9.17) is 4.74 Å². The lowest BCUT2D eigenvalue weighted by atomic mass is 9.95. The normalized spacial score (nSPS) is 16.1. The highest BCUT2D eigenvalue weighted by Gasteiger charge is 2.36. The number of hydrogen-bond acceptors (Lipinski definition) is 7. The van der Waals surface area contributed by atoms with Gasteiger partial charge in [-0.25, -0.2) is 18.6 Å². The number of aliphatic hydroxyl groups is 1. The summed E-state index contributed by atoms with van der Waals surface area (Å²) in [7, 11) is 2.77. The second kappa shape index (κ2) is 11.4. The Bertz CT molecular complexity index is 1570. The third-order valence-corrected chi connectivity index (χ3v) is 7.76. The summed E-state index contributed by atoms with van der Waals surface area (Å²) >= 11 is 3.39. The van der Waals surface area contributed by atoms with Crippen molar-refractivity contribution >= 4 is 38.6 Å². The molecule has 0 aliphatic carbocycles.